The average molecular weight is 454 g/mol. The van der Waals surface area contributed by atoms with Crippen LogP contribution in [-0.2, 0) is 4.79 Å². The van der Waals surface area contributed by atoms with Gasteiger partial charge in [0.1, 0.15) is 6.10 Å². The predicted octanol–water partition coefficient (Wildman–Crippen LogP) is 6.22. The standard InChI is InChI=1S/C28H27N3O3/c32-28(33)16-19-6-13-24(14-7-19)34-27-15-12-23(18-29-27)20-8-10-22(11-9-20)26-17-25(30-31-26)21-4-2-1-3-5-21/h1-5,8-12,15,17-19,24H,6-7,13-14,16H2,(H,30,31)(H,32,33). The fraction of sp³-hybridized carbons (Fsp3) is 0.250. The number of hydrogen-bond acceptors (Lipinski definition) is 4. The third kappa shape index (κ3) is 5.17. The molecule has 0 unspecified atom stereocenters. The minimum Gasteiger partial charge on any atom is -0.481 e. The van der Waals surface area contributed by atoms with Gasteiger partial charge in [0.2, 0.25) is 5.88 Å². The van der Waals surface area contributed by atoms with E-state index in [1.54, 1.807) is 0 Å². The number of rotatable bonds is 7. The maximum atomic E-state index is 10.9. The molecule has 1 saturated carbocycles. The summed E-state index contributed by atoms with van der Waals surface area (Å²) in [6.45, 7) is 0. The van der Waals surface area contributed by atoms with Crippen LogP contribution in [0.3, 0.4) is 0 Å². The number of pyridine rings is 1. The van der Waals surface area contributed by atoms with Gasteiger partial charge in [-0.1, -0.05) is 54.6 Å². The van der Waals surface area contributed by atoms with E-state index in [9.17, 15) is 4.79 Å². The molecule has 6 nitrogen and oxygen atoms in total. The second kappa shape index (κ2) is 9.91. The molecule has 0 atom stereocenters. The summed E-state index contributed by atoms with van der Waals surface area (Å²) >= 11 is 0. The molecule has 2 N–H and O–H groups in total. The summed E-state index contributed by atoms with van der Waals surface area (Å²) in [5.41, 5.74) is 6.17. The summed E-state index contributed by atoms with van der Waals surface area (Å²) in [4.78, 5) is 15.4. The smallest absolute Gasteiger partial charge is 0.303 e. The van der Waals surface area contributed by atoms with E-state index in [0.717, 1.165) is 59.3 Å². The zero-order valence-corrected chi connectivity index (χ0v) is 18.9. The van der Waals surface area contributed by atoms with E-state index >= 15 is 0 Å². The maximum absolute atomic E-state index is 10.9. The van der Waals surface area contributed by atoms with Gasteiger partial charge < -0.3 is 9.84 Å². The van der Waals surface area contributed by atoms with Gasteiger partial charge >= 0.3 is 5.97 Å². The van der Waals surface area contributed by atoms with Crippen molar-refractivity contribution in [1.29, 1.82) is 0 Å². The van der Waals surface area contributed by atoms with Gasteiger partial charge in [0, 0.05) is 29.8 Å². The molecular weight excluding hydrogens is 426 g/mol. The van der Waals surface area contributed by atoms with Crippen LogP contribution < -0.4 is 4.74 Å². The molecule has 1 aliphatic rings. The quantitative estimate of drug-likeness (QED) is 0.347. The van der Waals surface area contributed by atoms with E-state index in [1.807, 2.05) is 48.7 Å². The SMILES string of the molecule is O=C(O)CC1CCC(Oc2ccc(-c3ccc(-c4cc(-c5ccccc5)n[nH]4)cc3)cn2)CC1. The Kier molecular flexibility index (Phi) is 6.38. The highest BCUT2D eigenvalue weighted by Crippen LogP contribution is 2.30. The zero-order chi connectivity index (χ0) is 23.3. The van der Waals surface area contributed by atoms with Crippen molar-refractivity contribution in [2.24, 2.45) is 5.92 Å². The lowest BCUT2D eigenvalue weighted by Crippen LogP contribution is -2.25. The number of carbonyl (C=O) groups is 1. The van der Waals surface area contributed by atoms with E-state index in [0.29, 0.717) is 5.88 Å². The number of aliphatic carboxylic acids is 1. The number of carboxylic acid groups (broad SMARTS) is 1. The second-order valence-electron chi connectivity index (χ2n) is 8.85. The molecule has 0 radical (unpaired) electrons. The molecule has 4 aromatic rings. The number of aromatic amines is 1. The van der Waals surface area contributed by atoms with Crippen LogP contribution in [0, 0.1) is 5.92 Å². The van der Waals surface area contributed by atoms with E-state index in [2.05, 4.69) is 45.5 Å². The minimum atomic E-state index is -0.712. The van der Waals surface area contributed by atoms with Gasteiger partial charge in [0.05, 0.1) is 11.4 Å². The number of aromatic nitrogens is 3. The molecule has 0 amide bonds. The van der Waals surface area contributed by atoms with Gasteiger partial charge in [0.15, 0.2) is 0 Å². The van der Waals surface area contributed by atoms with E-state index in [4.69, 9.17) is 9.84 Å². The van der Waals surface area contributed by atoms with Crippen LogP contribution in [0.15, 0.2) is 79.0 Å². The highest BCUT2D eigenvalue weighted by molar-refractivity contribution is 5.71. The molecule has 6 heteroatoms. The Hall–Kier alpha value is -3.93. The first kappa shape index (κ1) is 21.9. The molecule has 1 aliphatic carbocycles. The normalized spacial score (nSPS) is 17.9. The second-order valence-corrected chi connectivity index (χ2v) is 8.85. The lowest BCUT2D eigenvalue weighted by molar-refractivity contribution is -0.138. The molecule has 2 heterocycles. The Balaban J connectivity index is 1.20. The third-order valence-electron chi connectivity index (χ3n) is 6.46. The summed E-state index contributed by atoms with van der Waals surface area (Å²) < 4.78 is 6.05. The molecule has 172 valence electrons. The topological polar surface area (TPSA) is 88.1 Å². The maximum Gasteiger partial charge on any atom is 0.303 e. The Morgan fingerprint density at radius 1 is 0.882 bits per heavy atom. The van der Waals surface area contributed by atoms with Crippen molar-refractivity contribution >= 4 is 5.97 Å². The molecule has 0 spiro atoms. The van der Waals surface area contributed by atoms with Gasteiger partial charge in [-0.25, -0.2) is 4.98 Å². The predicted molar refractivity (Wildman–Crippen MR) is 131 cm³/mol. The zero-order valence-electron chi connectivity index (χ0n) is 18.9. The third-order valence-corrected chi connectivity index (χ3v) is 6.46. The Morgan fingerprint density at radius 3 is 2.26 bits per heavy atom. The van der Waals surface area contributed by atoms with Crippen molar-refractivity contribution in [3.8, 4) is 39.5 Å². The van der Waals surface area contributed by atoms with Gasteiger partial charge in [0.25, 0.3) is 0 Å². The monoisotopic (exact) mass is 453 g/mol. The highest BCUT2D eigenvalue weighted by atomic mass is 16.5. The van der Waals surface area contributed by atoms with Crippen molar-refractivity contribution < 1.29 is 14.6 Å². The van der Waals surface area contributed by atoms with Gasteiger partial charge in [-0.3, -0.25) is 9.89 Å². The van der Waals surface area contributed by atoms with Crippen molar-refractivity contribution in [2.75, 3.05) is 0 Å². The molecule has 0 aliphatic heterocycles. The van der Waals surface area contributed by atoms with Crippen LogP contribution in [0.5, 0.6) is 5.88 Å². The largest absolute Gasteiger partial charge is 0.481 e. The van der Waals surface area contributed by atoms with E-state index < -0.39 is 5.97 Å². The fourth-order valence-corrected chi connectivity index (χ4v) is 4.56. The molecule has 0 bridgehead atoms. The summed E-state index contributed by atoms with van der Waals surface area (Å²) in [6, 6.07) is 24.4. The van der Waals surface area contributed by atoms with Crippen molar-refractivity contribution in [3.05, 3.63) is 79.0 Å². The van der Waals surface area contributed by atoms with Crippen LogP contribution in [0.1, 0.15) is 32.1 Å². The summed E-state index contributed by atoms with van der Waals surface area (Å²) in [5, 5.41) is 16.5. The van der Waals surface area contributed by atoms with Gasteiger partial charge in [-0.15, -0.1) is 0 Å². The Bertz CT molecular complexity index is 1230. The number of H-pyrrole nitrogens is 1. The van der Waals surface area contributed by atoms with Crippen LogP contribution in [0.4, 0.5) is 0 Å². The van der Waals surface area contributed by atoms with Crippen molar-refractivity contribution in [3.63, 3.8) is 0 Å². The fourth-order valence-electron chi connectivity index (χ4n) is 4.56. The number of nitrogens with zero attached hydrogens (tertiary/aromatic N) is 2. The molecule has 0 saturated heterocycles. The molecule has 5 rings (SSSR count). The van der Waals surface area contributed by atoms with Gasteiger partial charge in [-0.2, -0.15) is 5.10 Å². The van der Waals surface area contributed by atoms with E-state index in [-0.39, 0.29) is 18.4 Å². The lowest BCUT2D eigenvalue weighted by atomic mass is 9.85. The van der Waals surface area contributed by atoms with E-state index in [1.165, 1.54) is 0 Å². The highest BCUT2D eigenvalue weighted by Gasteiger charge is 2.24. The Morgan fingerprint density at radius 2 is 1.59 bits per heavy atom. The first-order valence-corrected chi connectivity index (χ1v) is 11.7. The first-order chi connectivity index (χ1) is 16.6. The van der Waals surface area contributed by atoms with Crippen LogP contribution in [-0.4, -0.2) is 32.4 Å². The average Bonchev–Trinajstić information content (AvgIpc) is 3.37. The number of nitrogens with one attached hydrogen (secondary N) is 1. The van der Waals surface area contributed by atoms with Crippen LogP contribution in [0.2, 0.25) is 0 Å². The van der Waals surface area contributed by atoms with Gasteiger partial charge in [-0.05, 0) is 54.9 Å². The molecule has 2 aromatic carbocycles. The molecular formula is C28H27N3O3. The number of hydrogen-bond donors (Lipinski definition) is 2. The molecule has 1 fully saturated rings. The summed E-state index contributed by atoms with van der Waals surface area (Å²) in [5.74, 6) is 0.173. The lowest BCUT2D eigenvalue weighted by Gasteiger charge is -2.27. The van der Waals surface area contributed by atoms with Crippen LogP contribution >= 0.6 is 0 Å². The number of carboxylic acids is 1. The first-order valence-electron chi connectivity index (χ1n) is 11.7. The molecule has 34 heavy (non-hydrogen) atoms. The minimum absolute atomic E-state index is 0.109. The van der Waals surface area contributed by atoms with Crippen LogP contribution in [0.25, 0.3) is 33.6 Å². The van der Waals surface area contributed by atoms with Crippen molar-refractivity contribution in [2.45, 2.75) is 38.2 Å². The summed E-state index contributed by atoms with van der Waals surface area (Å²) in [6.07, 6.45) is 5.75. The Labute approximate surface area is 198 Å². The summed E-state index contributed by atoms with van der Waals surface area (Å²) in [7, 11) is 0. The number of benzene rings is 2. The van der Waals surface area contributed by atoms with Crippen molar-refractivity contribution in [1.82, 2.24) is 15.2 Å². The molecule has 2 aromatic heterocycles. The number of ether oxygens (including phenoxy) is 1.